The molecule has 0 saturated carbocycles. The fourth-order valence-corrected chi connectivity index (χ4v) is 1.89. The van der Waals surface area contributed by atoms with Crippen LogP contribution in [-0.4, -0.2) is 14.8 Å². The molecule has 0 amide bonds. The maximum atomic E-state index is 6.00. The Kier molecular flexibility index (Phi) is 2.73. The van der Waals surface area contributed by atoms with Crippen molar-refractivity contribution in [3.05, 3.63) is 40.9 Å². The average Bonchev–Trinajstić information content (AvgIpc) is 2.59. The average molecular weight is 222 g/mol. The Balaban J connectivity index is 2.63. The molecule has 0 spiro atoms. The van der Waals surface area contributed by atoms with E-state index in [1.807, 2.05) is 29.7 Å². The van der Waals surface area contributed by atoms with Crippen LogP contribution in [0.5, 0.6) is 0 Å². The van der Waals surface area contributed by atoms with Gasteiger partial charge in [0.1, 0.15) is 5.82 Å². The quantitative estimate of drug-likeness (QED) is 0.781. The number of benzene rings is 1. The highest BCUT2D eigenvalue weighted by molar-refractivity contribution is 6.28. The molecule has 0 bridgehead atoms. The Labute approximate surface area is 93.7 Å². The van der Waals surface area contributed by atoms with Gasteiger partial charge in [-0.15, -0.1) is 10.2 Å². The van der Waals surface area contributed by atoms with Crippen molar-refractivity contribution in [2.24, 2.45) is 0 Å². The molecular weight excluding hydrogens is 210 g/mol. The van der Waals surface area contributed by atoms with Crippen molar-refractivity contribution < 1.29 is 0 Å². The van der Waals surface area contributed by atoms with Gasteiger partial charge in [0.15, 0.2) is 0 Å². The van der Waals surface area contributed by atoms with E-state index in [1.54, 1.807) is 0 Å². The molecule has 0 aliphatic heterocycles. The van der Waals surface area contributed by atoms with Crippen molar-refractivity contribution in [3.8, 4) is 5.69 Å². The van der Waals surface area contributed by atoms with E-state index in [9.17, 15) is 0 Å². The zero-order valence-electron chi connectivity index (χ0n) is 8.74. The number of hydrogen-bond donors (Lipinski definition) is 0. The summed E-state index contributed by atoms with van der Waals surface area (Å²) >= 11 is 6.00. The second-order valence-corrected chi connectivity index (χ2v) is 3.67. The van der Waals surface area contributed by atoms with E-state index in [0.29, 0.717) is 5.28 Å². The molecule has 0 saturated heterocycles. The van der Waals surface area contributed by atoms with Gasteiger partial charge in [-0.3, -0.25) is 4.57 Å². The summed E-state index contributed by atoms with van der Waals surface area (Å²) in [4.78, 5) is 0. The Morgan fingerprint density at radius 1 is 1.27 bits per heavy atom. The van der Waals surface area contributed by atoms with Crippen molar-refractivity contribution >= 4 is 11.6 Å². The molecule has 15 heavy (non-hydrogen) atoms. The molecule has 0 radical (unpaired) electrons. The lowest BCUT2D eigenvalue weighted by Gasteiger charge is -2.09. The van der Waals surface area contributed by atoms with Gasteiger partial charge in [-0.1, -0.05) is 25.1 Å². The van der Waals surface area contributed by atoms with Crippen LogP contribution in [-0.2, 0) is 6.42 Å². The summed E-state index contributed by atoms with van der Waals surface area (Å²) in [6.45, 7) is 4.01. The van der Waals surface area contributed by atoms with Gasteiger partial charge in [0.05, 0.1) is 5.69 Å². The molecular formula is C11H12ClN3. The normalized spacial score (nSPS) is 10.6. The van der Waals surface area contributed by atoms with Gasteiger partial charge in [-0.05, 0) is 36.6 Å². The molecule has 4 heteroatoms. The highest BCUT2D eigenvalue weighted by atomic mass is 35.5. The number of hydrogen-bond acceptors (Lipinski definition) is 2. The second kappa shape index (κ2) is 4.03. The third-order valence-corrected chi connectivity index (χ3v) is 2.64. The molecule has 0 N–H and O–H groups in total. The SMILES string of the molecule is CCc1ccccc1-n1c(C)nnc1Cl. The van der Waals surface area contributed by atoms with Crippen LogP contribution in [0.4, 0.5) is 0 Å². The summed E-state index contributed by atoms with van der Waals surface area (Å²) in [6, 6.07) is 8.13. The first-order chi connectivity index (χ1) is 7.24. The molecule has 0 aliphatic carbocycles. The number of nitrogens with zero attached hydrogens (tertiary/aromatic N) is 3. The van der Waals surface area contributed by atoms with Crippen molar-refractivity contribution in [2.75, 3.05) is 0 Å². The summed E-state index contributed by atoms with van der Waals surface area (Å²) < 4.78 is 1.86. The Bertz CT molecular complexity index is 457. The summed E-state index contributed by atoms with van der Waals surface area (Å²) in [5, 5.41) is 8.21. The minimum Gasteiger partial charge on any atom is -0.270 e. The molecule has 2 rings (SSSR count). The van der Waals surface area contributed by atoms with Crippen molar-refractivity contribution in [1.29, 1.82) is 0 Å². The van der Waals surface area contributed by atoms with Gasteiger partial charge in [0.2, 0.25) is 5.28 Å². The Morgan fingerprint density at radius 2 is 2.00 bits per heavy atom. The van der Waals surface area contributed by atoms with Crippen LogP contribution in [0.2, 0.25) is 5.28 Å². The Morgan fingerprint density at radius 3 is 2.60 bits per heavy atom. The first-order valence-electron chi connectivity index (χ1n) is 4.90. The fourth-order valence-electron chi connectivity index (χ4n) is 1.64. The molecule has 0 atom stereocenters. The van der Waals surface area contributed by atoms with Crippen LogP contribution in [0.3, 0.4) is 0 Å². The summed E-state index contributed by atoms with van der Waals surface area (Å²) in [5.74, 6) is 0.806. The van der Waals surface area contributed by atoms with E-state index >= 15 is 0 Å². The highest BCUT2D eigenvalue weighted by Gasteiger charge is 2.10. The van der Waals surface area contributed by atoms with E-state index in [0.717, 1.165) is 17.9 Å². The third-order valence-electron chi connectivity index (χ3n) is 2.40. The van der Waals surface area contributed by atoms with Gasteiger partial charge < -0.3 is 0 Å². The van der Waals surface area contributed by atoms with E-state index in [1.165, 1.54) is 5.56 Å². The maximum absolute atomic E-state index is 6.00. The van der Waals surface area contributed by atoms with Gasteiger partial charge >= 0.3 is 0 Å². The predicted octanol–water partition coefficient (Wildman–Crippen LogP) is 2.79. The van der Waals surface area contributed by atoms with Gasteiger partial charge in [-0.25, -0.2) is 0 Å². The minimum atomic E-state index is 0.411. The second-order valence-electron chi connectivity index (χ2n) is 3.33. The summed E-state index contributed by atoms with van der Waals surface area (Å²) in [5.41, 5.74) is 2.30. The lowest BCUT2D eigenvalue weighted by atomic mass is 10.1. The monoisotopic (exact) mass is 221 g/mol. The summed E-state index contributed by atoms with van der Waals surface area (Å²) in [6.07, 6.45) is 0.962. The first kappa shape index (κ1) is 10.2. The lowest BCUT2D eigenvalue weighted by Crippen LogP contribution is -2.01. The minimum absolute atomic E-state index is 0.411. The molecule has 0 unspecified atom stereocenters. The predicted molar refractivity (Wildman–Crippen MR) is 60.5 cm³/mol. The summed E-state index contributed by atoms with van der Waals surface area (Å²) in [7, 11) is 0. The van der Waals surface area contributed by atoms with Crippen LogP contribution in [0.25, 0.3) is 5.69 Å². The molecule has 1 heterocycles. The fraction of sp³-hybridized carbons (Fsp3) is 0.273. The van der Waals surface area contributed by atoms with Crippen molar-refractivity contribution in [1.82, 2.24) is 14.8 Å². The van der Waals surface area contributed by atoms with E-state index in [4.69, 9.17) is 11.6 Å². The first-order valence-corrected chi connectivity index (χ1v) is 5.27. The van der Waals surface area contributed by atoms with Crippen molar-refractivity contribution in [2.45, 2.75) is 20.3 Å². The van der Waals surface area contributed by atoms with Crippen LogP contribution in [0.1, 0.15) is 18.3 Å². The van der Waals surface area contributed by atoms with E-state index in [2.05, 4.69) is 23.2 Å². The number of halogens is 1. The smallest absolute Gasteiger partial charge is 0.229 e. The number of para-hydroxylation sites is 1. The van der Waals surface area contributed by atoms with Crippen LogP contribution in [0.15, 0.2) is 24.3 Å². The standard InChI is InChI=1S/C11H12ClN3/c1-3-9-6-4-5-7-10(9)15-8(2)13-14-11(15)12/h4-7H,3H2,1-2H3. The van der Waals surface area contributed by atoms with Gasteiger partial charge in [-0.2, -0.15) is 0 Å². The molecule has 2 aromatic rings. The van der Waals surface area contributed by atoms with E-state index in [-0.39, 0.29) is 0 Å². The number of aryl methyl sites for hydroxylation is 2. The van der Waals surface area contributed by atoms with Crippen molar-refractivity contribution in [3.63, 3.8) is 0 Å². The molecule has 3 nitrogen and oxygen atoms in total. The van der Waals surface area contributed by atoms with Gasteiger partial charge in [0.25, 0.3) is 0 Å². The maximum Gasteiger partial charge on any atom is 0.229 e. The van der Waals surface area contributed by atoms with Crippen LogP contribution < -0.4 is 0 Å². The van der Waals surface area contributed by atoms with Crippen LogP contribution in [0, 0.1) is 6.92 Å². The zero-order valence-corrected chi connectivity index (χ0v) is 9.49. The topological polar surface area (TPSA) is 30.7 Å². The third kappa shape index (κ3) is 1.75. The van der Waals surface area contributed by atoms with Crippen LogP contribution >= 0.6 is 11.6 Å². The Hall–Kier alpha value is -1.35. The zero-order chi connectivity index (χ0) is 10.8. The van der Waals surface area contributed by atoms with Gasteiger partial charge in [0, 0.05) is 0 Å². The largest absolute Gasteiger partial charge is 0.270 e. The number of rotatable bonds is 2. The number of aromatic nitrogens is 3. The lowest BCUT2D eigenvalue weighted by molar-refractivity contribution is 0.945. The van der Waals surface area contributed by atoms with E-state index < -0.39 is 0 Å². The highest BCUT2D eigenvalue weighted by Crippen LogP contribution is 2.20. The molecule has 0 aliphatic rings. The molecule has 78 valence electrons. The molecule has 1 aromatic carbocycles. The molecule has 1 aromatic heterocycles. The molecule has 0 fully saturated rings.